The van der Waals surface area contributed by atoms with Crippen molar-refractivity contribution in [2.24, 2.45) is 0 Å². The summed E-state index contributed by atoms with van der Waals surface area (Å²) in [5, 5.41) is 0. The lowest BCUT2D eigenvalue weighted by Gasteiger charge is -2.02. The van der Waals surface area contributed by atoms with Crippen molar-refractivity contribution in [3.8, 4) is 11.4 Å². The van der Waals surface area contributed by atoms with E-state index in [1.165, 1.54) is 0 Å². The Morgan fingerprint density at radius 2 is 2.36 bits per heavy atom. The first kappa shape index (κ1) is 8.81. The van der Waals surface area contributed by atoms with E-state index < -0.39 is 0 Å². The number of nitrogens with zero attached hydrogens (tertiary/aromatic N) is 1. The highest BCUT2D eigenvalue weighted by Gasteiger charge is 2.02. The third-order valence-electron chi connectivity index (χ3n) is 1.97. The highest BCUT2D eigenvalue weighted by molar-refractivity contribution is 5.32. The van der Waals surface area contributed by atoms with Gasteiger partial charge in [0, 0.05) is 6.07 Å². The van der Waals surface area contributed by atoms with Gasteiger partial charge in [0.25, 0.3) is 0 Å². The smallest absolute Gasteiger partial charge is 0.246 e. The van der Waals surface area contributed by atoms with Gasteiger partial charge in [0.15, 0.2) is 0 Å². The van der Waals surface area contributed by atoms with Crippen molar-refractivity contribution in [2.45, 2.75) is 6.92 Å². The molecule has 0 radical (unpaired) electrons. The van der Waals surface area contributed by atoms with Crippen molar-refractivity contribution in [3.05, 3.63) is 43.0 Å². The zero-order valence-corrected chi connectivity index (χ0v) is 8.10. The molecule has 3 heteroatoms. The SMILES string of the molecule is CCOc1cccc(-[n+]2cc[nH]c2)c1. The lowest BCUT2D eigenvalue weighted by Crippen LogP contribution is -2.26. The van der Waals surface area contributed by atoms with Crippen LogP contribution in [-0.4, -0.2) is 11.6 Å². The highest BCUT2D eigenvalue weighted by Crippen LogP contribution is 2.12. The van der Waals surface area contributed by atoms with Gasteiger partial charge in [0.1, 0.15) is 23.8 Å². The van der Waals surface area contributed by atoms with E-state index in [1.807, 2.05) is 54.5 Å². The van der Waals surface area contributed by atoms with Crippen LogP contribution in [-0.2, 0) is 0 Å². The Balaban J connectivity index is 2.31. The van der Waals surface area contributed by atoms with Gasteiger partial charge in [-0.25, -0.2) is 9.55 Å². The summed E-state index contributed by atoms with van der Waals surface area (Å²) in [5.74, 6) is 0.902. The van der Waals surface area contributed by atoms with Crippen molar-refractivity contribution in [2.75, 3.05) is 6.61 Å². The van der Waals surface area contributed by atoms with E-state index in [-0.39, 0.29) is 0 Å². The van der Waals surface area contributed by atoms with E-state index in [9.17, 15) is 0 Å². The number of hydrogen-bond acceptors (Lipinski definition) is 1. The second-order valence-corrected chi connectivity index (χ2v) is 2.95. The number of nitrogens with one attached hydrogen (secondary N) is 1. The maximum Gasteiger partial charge on any atom is 0.246 e. The second-order valence-electron chi connectivity index (χ2n) is 2.95. The molecule has 0 saturated carbocycles. The van der Waals surface area contributed by atoms with Crippen LogP contribution in [0.1, 0.15) is 6.92 Å². The number of aromatic amines is 1. The third kappa shape index (κ3) is 1.76. The van der Waals surface area contributed by atoms with Crippen molar-refractivity contribution in [3.63, 3.8) is 0 Å². The Hall–Kier alpha value is -1.77. The van der Waals surface area contributed by atoms with Gasteiger partial charge in [0.05, 0.1) is 6.61 Å². The monoisotopic (exact) mass is 189 g/mol. The minimum absolute atomic E-state index is 0.696. The van der Waals surface area contributed by atoms with Crippen molar-refractivity contribution in [1.82, 2.24) is 4.98 Å². The fourth-order valence-electron chi connectivity index (χ4n) is 1.35. The molecule has 0 unspecified atom stereocenters. The van der Waals surface area contributed by atoms with Crippen LogP contribution >= 0.6 is 0 Å². The Kier molecular flexibility index (Phi) is 2.49. The van der Waals surface area contributed by atoms with Crippen LogP contribution in [0, 0.1) is 0 Å². The quantitative estimate of drug-likeness (QED) is 0.731. The largest absolute Gasteiger partial charge is 0.494 e. The van der Waals surface area contributed by atoms with Crippen molar-refractivity contribution < 1.29 is 9.30 Å². The molecule has 1 aromatic carbocycles. The first-order chi connectivity index (χ1) is 6.90. The number of aromatic nitrogens is 2. The number of ether oxygens (including phenoxy) is 1. The molecular weight excluding hydrogens is 176 g/mol. The number of imidazole rings is 1. The van der Waals surface area contributed by atoms with Crippen LogP contribution in [0.15, 0.2) is 43.0 Å². The van der Waals surface area contributed by atoms with Crippen LogP contribution in [0.2, 0.25) is 0 Å². The lowest BCUT2D eigenvalue weighted by molar-refractivity contribution is -0.594. The van der Waals surface area contributed by atoms with E-state index in [0.717, 1.165) is 11.4 Å². The summed E-state index contributed by atoms with van der Waals surface area (Å²) >= 11 is 0. The summed E-state index contributed by atoms with van der Waals surface area (Å²) in [4.78, 5) is 3.00. The lowest BCUT2D eigenvalue weighted by atomic mass is 10.3. The topological polar surface area (TPSA) is 28.9 Å². The molecule has 0 aliphatic heterocycles. The summed E-state index contributed by atoms with van der Waals surface area (Å²) in [6.45, 7) is 2.68. The van der Waals surface area contributed by atoms with E-state index in [2.05, 4.69) is 4.98 Å². The van der Waals surface area contributed by atoms with Crippen molar-refractivity contribution >= 4 is 0 Å². The Morgan fingerprint density at radius 3 is 3.07 bits per heavy atom. The molecule has 3 nitrogen and oxygen atoms in total. The van der Waals surface area contributed by atoms with Crippen molar-refractivity contribution in [1.29, 1.82) is 0 Å². The molecule has 0 saturated heterocycles. The molecule has 0 aliphatic carbocycles. The molecule has 0 spiro atoms. The molecule has 2 rings (SSSR count). The van der Waals surface area contributed by atoms with Gasteiger partial charge in [0.2, 0.25) is 6.33 Å². The molecule has 0 amide bonds. The average molecular weight is 189 g/mol. The molecule has 1 heterocycles. The van der Waals surface area contributed by atoms with Crippen LogP contribution in [0.25, 0.3) is 5.69 Å². The average Bonchev–Trinajstić information content (AvgIpc) is 2.71. The zero-order valence-electron chi connectivity index (χ0n) is 8.10. The molecular formula is C11H13N2O+. The van der Waals surface area contributed by atoms with Gasteiger partial charge in [-0.3, -0.25) is 0 Å². The maximum atomic E-state index is 5.42. The van der Waals surface area contributed by atoms with Gasteiger partial charge in [-0.15, -0.1) is 0 Å². The van der Waals surface area contributed by atoms with Crippen LogP contribution < -0.4 is 9.30 Å². The molecule has 0 atom stereocenters. The summed E-state index contributed by atoms with van der Waals surface area (Å²) in [6.07, 6.45) is 5.74. The first-order valence-corrected chi connectivity index (χ1v) is 4.67. The number of benzene rings is 1. The number of H-pyrrole nitrogens is 1. The molecule has 2 aromatic rings. The zero-order chi connectivity index (χ0) is 9.80. The predicted octanol–water partition coefficient (Wildman–Crippen LogP) is 1.69. The summed E-state index contributed by atoms with van der Waals surface area (Å²) in [5.41, 5.74) is 1.09. The number of hydrogen-bond donors (Lipinski definition) is 1. The molecule has 0 fully saturated rings. The van der Waals surface area contributed by atoms with E-state index in [1.54, 1.807) is 0 Å². The summed E-state index contributed by atoms with van der Waals surface area (Å²) in [7, 11) is 0. The first-order valence-electron chi connectivity index (χ1n) is 4.67. The predicted molar refractivity (Wildman–Crippen MR) is 53.5 cm³/mol. The minimum atomic E-state index is 0.696. The Morgan fingerprint density at radius 1 is 1.43 bits per heavy atom. The van der Waals surface area contributed by atoms with Crippen LogP contribution in [0.4, 0.5) is 0 Å². The van der Waals surface area contributed by atoms with Gasteiger partial charge in [-0.05, 0) is 19.1 Å². The third-order valence-corrected chi connectivity index (χ3v) is 1.97. The minimum Gasteiger partial charge on any atom is -0.494 e. The Labute approximate surface area is 83.0 Å². The maximum absolute atomic E-state index is 5.42. The molecule has 0 bridgehead atoms. The highest BCUT2D eigenvalue weighted by atomic mass is 16.5. The van der Waals surface area contributed by atoms with Crippen LogP contribution in [0.5, 0.6) is 5.75 Å². The van der Waals surface area contributed by atoms with Crippen LogP contribution in [0.3, 0.4) is 0 Å². The fraction of sp³-hybridized carbons (Fsp3) is 0.182. The Bertz CT molecular complexity index is 395. The van der Waals surface area contributed by atoms with E-state index in [4.69, 9.17) is 4.74 Å². The molecule has 1 aromatic heterocycles. The molecule has 72 valence electrons. The second kappa shape index (κ2) is 3.96. The molecule has 14 heavy (non-hydrogen) atoms. The molecule has 1 N–H and O–H groups in total. The normalized spacial score (nSPS) is 10.1. The van der Waals surface area contributed by atoms with Gasteiger partial charge in [-0.1, -0.05) is 6.07 Å². The summed E-state index contributed by atoms with van der Waals surface area (Å²) in [6, 6.07) is 7.99. The standard InChI is InChI=1S/C11H12N2O/c1-2-14-11-5-3-4-10(8-11)13-7-6-12-9-13/h3-9H,2H2,1H3/p+1. The van der Waals surface area contributed by atoms with Gasteiger partial charge < -0.3 is 4.74 Å². The molecule has 0 aliphatic rings. The van der Waals surface area contributed by atoms with E-state index in [0.29, 0.717) is 6.61 Å². The number of rotatable bonds is 3. The van der Waals surface area contributed by atoms with E-state index >= 15 is 0 Å². The van der Waals surface area contributed by atoms with Gasteiger partial charge >= 0.3 is 0 Å². The van der Waals surface area contributed by atoms with Gasteiger partial charge in [-0.2, -0.15) is 0 Å². The summed E-state index contributed by atoms with van der Waals surface area (Å²) < 4.78 is 7.42. The fourth-order valence-corrected chi connectivity index (χ4v) is 1.35.